The van der Waals surface area contributed by atoms with Gasteiger partial charge in [-0.25, -0.2) is 9.37 Å². The van der Waals surface area contributed by atoms with E-state index in [2.05, 4.69) is 4.98 Å². The van der Waals surface area contributed by atoms with E-state index >= 15 is 0 Å². The summed E-state index contributed by atoms with van der Waals surface area (Å²) in [6, 6.07) is 7.04. The maximum absolute atomic E-state index is 13.4. The Kier molecular flexibility index (Phi) is 2.92. The van der Waals surface area contributed by atoms with E-state index in [-0.39, 0.29) is 12.2 Å². The summed E-state index contributed by atoms with van der Waals surface area (Å²) < 4.78 is 26.4. The molecule has 0 bridgehead atoms. The summed E-state index contributed by atoms with van der Waals surface area (Å²) >= 11 is 0. The molecule has 0 spiro atoms. The normalized spacial score (nSPS) is 10.4. The third kappa shape index (κ3) is 2.06. The molecular weight excluding hydrogens is 212 g/mol. The lowest BCUT2D eigenvalue weighted by Crippen LogP contribution is -1.93. The van der Waals surface area contributed by atoms with Crippen molar-refractivity contribution in [3.05, 3.63) is 53.9 Å². The minimum Gasteiger partial charge on any atom is -0.392 e. The molecular formula is C12H9F2NO. The first-order valence-electron chi connectivity index (χ1n) is 4.72. The number of aliphatic hydroxyl groups is 1. The third-order valence-electron chi connectivity index (χ3n) is 2.21. The van der Waals surface area contributed by atoms with E-state index in [4.69, 9.17) is 5.11 Å². The van der Waals surface area contributed by atoms with Crippen molar-refractivity contribution in [2.24, 2.45) is 0 Å². The Morgan fingerprint density at radius 3 is 2.69 bits per heavy atom. The number of hydrogen-bond acceptors (Lipinski definition) is 2. The van der Waals surface area contributed by atoms with Gasteiger partial charge in [-0.1, -0.05) is 12.1 Å². The first kappa shape index (κ1) is 10.7. The monoisotopic (exact) mass is 221 g/mol. The van der Waals surface area contributed by atoms with Gasteiger partial charge in [0, 0.05) is 11.8 Å². The molecule has 82 valence electrons. The molecule has 1 heterocycles. The molecule has 0 aliphatic carbocycles. The lowest BCUT2D eigenvalue weighted by atomic mass is 10.1. The van der Waals surface area contributed by atoms with Gasteiger partial charge in [0.1, 0.15) is 5.82 Å². The average molecular weight is 221 g/mol. The van der Waals surface area contributed by atoms with E-state index in [1.165, 1.54) is 30.5 Å². The van der Waals surface area contributed by atoms with E-state index in [0.717, 1.165) is 0 Å². The first-order chi connectivity index (χ1) is 7.70. The molecule has 1 aromatic carbocycles. The van der Waals surface area contributed by atoms with Gasteiger partial charge >= 0.3 is 0 Å². The Balaban J connectivity index is 2.54. The van der Waals surface area contributed by atoms with Crippen LogP contribution in [0.25, 0.3) is 11.1 Å². The zero-order valence-electron chi connectivity index (χ0n) is 8.32. The molecule has 2 rings (SSSR count). The number of aromatic nitrogens is 1. The van der Waals surface area contributed by atoms with Gasteiger partial charge < -0.3 is 5.11 Å². The van der Waals surface area contributed by atoms with E-state index in [0.29, 0.717) is 11.1 Å². The van der Waals surface area contributed by atoms with Gasteiger partial charge in [-0.2, -0.15) is 4.39 Å². The Morgan fingerprint density at radius 1 is 1.19 bits per heavy atom. The summed E-state index contributed by atoms with van der Waals surface area (Å²) in [5.74, 6) is -1.12. The smallest absolute Gasteiger partial charge is 0.220 e. The summed E-state index contributed by atoms with van der Waals surface area (Å²) in [5.41, 5.74) is 1.08. The van der Waals surface area contributed by atoms with Crippen molar-refractivity contribution >= 4 is 0 Å². The van der Waals surface area contributed by atoms with Crippen LogP contribution in [-0.2, 0) is 6.61 Å². The number of pyridine rings is 1. The van der Waals surface area contributed by atoms with E-state index in [1.807, 2.05) is 0 Å². The molecule has 0 radical (unpaired) electrons. The van der Waals surface area contributed by atoms with Gasteiger partial charge in [0.25, 0.3) is 0 Å². The van der Waals surface area contributed by atoms with Crippen molar-refractivity contribution in [2.45, 2.75) is 6.61 Å². The predicted molar refractivity (Wildman–Crippen MR) is 55.5 cm³/mol. The summed E-state index contributed by atoms with van der Waals surface area (Å²) in [4.78, 5) is 3.51. The maximum Gasteiger partial charge on any atom is 0.220 e. The van der Waals surface area contributed by atoms with Gasteiger partial charge in [-0.15, -0.1) is 0 Å². The predicted octanol–water partition coefficient (Wildman–Crippen LogP) is 2.52. The highest BCUT2D eigenvalue weighted by Crippen LogP contribution is 2.23. The summed E-state index contributed by atoms with van der Waals surface area (Å²) in [6.07, 6.45) is 1.25. The van der Waals surface area contributed by atoms with Gasteiger partial charge in [-0.3, -0.25) is 0 Å². The van der Waals surface area contributed by atoms with Crippen molar-refractivity contribution in [1.82, 2.24) is 4.98 Å². The number of aliphatic hydroxyl groups excluding tert-OH is 1. The molecule has 0 amide bonds. The molecule has 2 aromatic rings. The van der Waals surface area contributed by atoms with E-state index in [1.54, 1.807) is 6.07 Å². The van der Waals surface area contributed by atoms with Crippen LogP contribution in [-0.4, -0.2) is 10.1 Å². The quantitative estimate of drug-likeness (QED) is 0.790. The highest BCUT2D eigenvalue weighted by atomic mass is 19.1. The van der Waals surface area contributed by atoms with Crippen molar-refractivity contribution in [3.63, 3.8) is 0 Å². The van der Waals surface area contributed by atoms with Crippen LogP contribution in [0.1, 0.15) is 5.56 Å². The number of nitrogens with zero attached hydrogens (tertiary/aromatic N) is 1. The van der Waals surface area contributed by atoms with Crippen molar-refractivity contribution < 1.29 is 13.9 Å². The lowest BCUT2D eigenvalue weighted by Gasteiger charge is -2.04. The molecule has 4 heteroatoms. The maximum atomic E-state index is 13.4. The Hall–Kier alpha value is -1.81. The van der Waals surface area contributed by atoms with Gasteiger partial charge in [0.15, 0.2) is 0 Å². The second-order valence-corrected chi connectivity index (χ2v) is 3.35. The third-order valence-corrected chi connectivity index (χ3v) is 2.21. The average Bonchev–Trinajstić information content (AvgIpc) is 2.30. The highest BCUT2D eigenvalue weighted by Gasteiger charge is 2.08. The van der Waals surface area contributed by atoms with Gasteiger partial charge in [-0.05, 0) is 29.3 Å². The molecule has 0 atom stereocenters. The minimum atomic E-state index is -0.678. The molecule has 0 fully saturated rings. The largest absolute Gasteiger partial charge is 0.392 e. The summed E-state index contributed by atoms with van der Waals surface area (Å²) in [5, 5.41) is 8.92. The second-order valence-electron chi connectivity index (χ2n) is 3.35. The Morgan fingerprint density at radius 2 is 2.00 bits per heavy atom. The number of halogens is 2. The Labute approximate surface area is 91.2 Å². The molecule has 0 aliphatic heterocycles. The molecule has 0 unspecified atom stereocenters. The van der Waals surface area contributed by atoms with Crippen LogP contribution >= 0.6 is 0 Å². The van der Waals surface area contributed by atoms with Crippen LogP contribution < -0.4 is 0 Å². The minimum absolute atomic E-state index is 0.186. The lowest BCUT2D eigenvalue weighted by molar-refractivity contribution is 0.281. The molecule has 16 heavy (non-hydrogen) atoms. The number of rotatable bonds is 2. The molecule has 0 saturated carbocycles. The van der Waals surface area contributed by atoms with E-state index < -0.39 is 11.8 Å². The fraction of sp³-hybridized carbons (Fsp3) is 0.0833. The van der Waals surface area contributed by atoms with Crippen LogP contribution in [0.4, 0.5) is 8.78 Å². The molecule has 0 aliphatic rings. The zero-order valence-corrected chi connectivity index (χ0v) is 8.32. The molecule has 0 saturated heterocycles. The van der Waals surface area contributed by atoms with Crippen molar-refractivity contribution in [1.29, 1.82) is 0 Å². The second kappa shape index (κ2) is 4.37. The SMILES string of the molecule is OCc1cnc(F)c(-c2cccc(F)c2)c1. The zero-order chi connectivity index (χ0) is 11.5. The van der Waals surface area contributed by atoms with Crippen LogP contribution in [0.3, 0.4) is 0 Å². The van der Waals surface area contributed by atoms with Gasteiger partial charge in [0.05, 0.1) is 6.61 Å². The number of hydrogen-bond donors (Lipinski definition) is 1. The standard InChI is InChI=1S/C12H9F2NO/c13-10-3-1-2-9(5-10)11-4-8(7-16)6-15-12(11)14/h1-6,16H,7H2. The van der Waals surface area contributed by atoms with Crippen LogP contribution in [0.15, 0.2) is 36.5 Å². The fourth-order valence-corrected chi connectivity index (χ4v) is 1.44. The summed E-state index contributed by atoms with van der Waals surface area (Å²) in [6.45, 7) is -0.227. The van der Waals surface area contributed by atoms with Crippen LogP contribution in [0, 0.1) is 11.8 Å². The molecule has 1 aromatic heterocycles. The van der Waals surface area contributed by atoms with E-state index in [9.17, 15) is 8.78 Å². The first-order valence-corrected chi connectivity index (χ1v) is 4.72. The topological polar surface area (TPSA) is 33.1 Å². The van der Waals surface area contributed by atoms with Crippen molar-refractivity contribution in [2.75, 3.05) is 0 Å². The van der Waals surface area contributed by atoms with Crippen LogP contribution in [0.2, 0.25) is 0 Å². The molecule has 1 N–H and O–H groups in total. The van der Waals surface area contributed by atoms with Crippen molar-refractivity contribution in [3.8, 4) is 11.1 Å². The fourth-order valence-electron chi connectivity index (χ4n) is 1.44. The summed E-state index contributed by atoms with van der Waals surface area (Å²) in [7, 11) is 0. The molecule has 2 nitrogen and oxygen atoms in total. The van der Waals surface area contributed by atoms with Gasteiger partial charge in [0.2, 0.25) is 5.95 Å². The highest BCUT2D eigenvalue weighted by molar-refractivity contribution is 5.63. The Bertz CT molecular complexity index is 514. The van der Waals surface area contributed by atoms with Crippen LogP contribution in [0.5, 0.6) is 0 Å². The number of benzene rings is 1.